The number of fused-ring (bicyclic) bond motifs is 1. The van der Waals surface area contributed by atoms with Gasteiger partial charge >= 0.3 is 5.97 Å². The minimum Gasteiger partial charge on any atom is -0.478 e. The Balaban J connectivity index is 1.91. The summed E-state index contributed by atoms with van der Waals surface area (Å²) in [6.07, 6.45) is 2.48. The lowest BCUT2D eigenvalue weighted by Crippen LogP contribution is -2.29. The van der Waals surface area contributed by atoms with Crippen molar-refractivity contribution >= 4 is 23.9 Å². The van der Waals surface area contributed by atoms with Crippen LogP contribution in [0.4, 0.5) is 0 Å². The van der Waals surface area contributed by atoms with E-state index in [1.807, 2.05) is 0 Å². The maximum absolute atomic E-state index is 12.4. The molecule has 2 aromatic carbocycles. The number of hydrogen-bond donors (Lipinski definition) is 1. The molecule has 0 fully saturated rings. The Bertz CT molecular complexity index is 803. The van der Waals surface area contributed by atoms with Crippen LogP contribution in [0.3, 0.4) is 0 Å². The lowest BCUT2D eigenvalue weighted by molar-refractivity contribution is -0.131. The van der Waals surface area contributed by atoms with E-state index in [4.69, 9.17) is 5.11 Å². The van der Waals surface area contributed by atoms with Crippen molar-refractivity contribution in [2.75, 3.05) is 0 Å². The van der Waals surface area contributed by atoms with Crippen molar-refractivity contribution in [2.45, 2.75) is 6.54 Å². The SMILES string of the molecule is O=C(O)/C=C/c1ccccc1CN1C(=O)c2ccccc2C1=O. The van der Waals surface area contributed by atoms with Crippen LogP contribution in [-0.2, 0) is 11.3 Å². The van der Waals surface area contributed by atoms with E-state index in [-0.39, 0.29) is 18.4 Å². The largest absolute Gasteiger partial charge is 0.478 e. The quantitative estimate of drug-likeness (QED) is 0.696. The van der Waals surface area contributed by atoms with Crippen LogP contribution in [0.25, 0.3) is 6.08 Å². The fourth-order valence-electron chi connectivity index (χ4n) is 2.55. The molecule has 1 heterocycles. The van der Waals surface area contributed by atoms with Gasteiger partial charge in [-0.15, -0.1) is 0 Å². The number of benzene rings is 2. The standard InChI is InChI=1S/C18H13NO4/c20-16(21)10-9-12-5-1-2-6-13(12)11-19-17(22)14-7-3-4-8-15(14)18(19)23/h1-10H,11H2,(H,20,21)/b10-9+. The van der Waals surface area contributed by atoms with Crippen LogP contribution in [0, 0.1) is 0 Å². The summed E-state index contributed by atoms with van der Waals surface area (Å²) in [5.41, 5.74) is 2.16. The summed E-state index contributed by atoms with van der Waals surface area (Å²) in [5, 5.41) is 8.75. The van der Waals surface area contributed by atoms with Crippen LogP contribution in [0.2, 0.25) is 0 Å². The van der Waals surface area contributed by atoms with Gasteiger partial charge in [0, 0.05) is 6.08 Å². The molecule has 0 saturated carbocycles. The zero-order valence-electron chi connectivity index (χ0n) is 12.1. The van der Waals surface area contributed by atoms with E-state index in [9.17, 15) is 14.4 Å². The Morgan fingerprint density at radius 2 is 1.52 bits per heavy atom. The average Bonchev–Trinajstić information content (AvgIpc) is 2.79. The third-order valence-corrected chi connectivity index (χ3v) is 3.67. The Morgan fingerprint density at radius 1 is 0.957 bits per heavy atom. The van der Waals surface area contributed by atoms with Crippen LogP contribution >= 0.6 is 0 Å². The van der Waals surface area contributed by atoms with E-state index in [1.165, 1.54) is 11.0 Å². The molecule has 114 valence electrons. The number of carboxylic acids is 1. The Hall–Kier alpha value is -3.21. The third kappa shape index (κ3) is 2.76. The molecule has 0 atom stereocenters. The fourth-order valence-corrected chi connectivity index (χ4v) is 2.55. The van der Waals surface area contributed by atoms with Gasteiger partial charge in [-0.1, -0.05) is 36.4 Å². The summed E-state index contributed by atoms with van der Waals surface area (Å²) in [6, 6.07) is 13.8. The number of rotatable bonds is 4. The highest BCUT2D eigenvalue weighted by molar-refractivity contribution is 6.21. The minimum atomic E-state index is -1.06. The summed E-state index contributed by atoms with van der Waals surface area (Å²) in [5.74, 6) is -1.72. The van der Waals surface area contributed by atoms with Gasteiger partial charge in [-0.05, 0) is 29.3 Å². The first kappa shape index (κ1) is 14.7. The van der Waals surface area contributed by atoms with Crippen LogP contribution in [0.15, 0.2) is 54.6 Å². The highest BCUT2D eigenvalue weighted by Crippen LogP contribution is 2.25. The normalized spacial score (nSPS) is 13.7. The van der Waals surface area contributed by atoms with Gasteiger partial charge in [0.15, 0.2) is 0 Å². The highest BCUT2D eigenvalue weighted by Gasteiger charge is 2.35. The number of carbonyl (C=O) groups excluding carboxylic acids is 2. The van der Waals surface area contributed by atoms with Crippen molar-refractivity contribution in [1.82, 2.24) is 4.90 Å². The molecule has 5 nitrogen and oxygen atoms in total. The molecule has 0 saturated heterocycles. The molecule has 23 heavy (non-hydrogen) atoms. The van der Waals surface area contributed by atoms with Crippen molar-refractivity contribution in [3.8, 4) is 0 Å². The van der Waals surface area contributed by atoms with Crippen molar-refractivity contribution in [3.63, 3.8) is 0 Å². The number of carboxylic acid groups (broad SMARTS) is 1. The minimum absolute atomic E-state index is 0.104. The second kappa shape index (κ2) is 5.88. The zero-order chi connectivity index (χ0) is 16.4. The number of carbonyl (C=O) groups is 3. The number of amides is 2. The number of hydrogen-bond acceptors (Lipinski definition) is 3. The summed E-state index contributed by atoms with van der Waals surface area (Å²) in [7, 11) is 0. The molecule has 0 bridgehead atoms. The van der Waals surface area contributed by atoms with Gasteiger partial charge in [0.1, 0.15) is 0 Å². The van der Waals surface area contributed by atoms with Gasteiger partial charge in [0.25, 0.3) is 11.8 Å². The molecule has 0 spiro atoms. The molecule has 0 aromatic heterocycles. The highest BCUT2D eigenvalue weighted by atomic mass is 16.4. The van der Waals surface area contributed by atoms with E-state index in [2.05, 4.69) is 0 Å². The molecule has 5 heteroatoms. The van der Waals surface area contributed by atoms with Crippen LogP contribution in [-0.4, -0.2) is 27.8 Å². The van der Waals surface area contributed by atoms with Crippen molar-refractivity contribution in [2.24, 2.45) is 0 Å². The summed E-state index contributed by atoms with van der Waals surface area (Å²) >= 11 is 0. The average molecular weight is 307 g/mol. The van der Waals surface area contributed by atoms with E-state index < -0.39 is 5.97 Å². The molecule has 2 aromatic rings. The molecule has 0 radical (unpaired) electrons. The molecule has 1 N–H and O–H groups in total. The predicted molar refractivity (Wildman–Crippen MR) is 83.8 cm³/mol. The topological polar surface area (TPSA) is 74.7 Å². The summed E-state index contributed by atoms with van der Waals surface area (Å²) in [6.45, 7) is 0.104. The van der Waals surface area contributed by atoms with Crippen LogP contribution in [0.5, 0.6) is 0 Å². The molecule has 0 unspecified atom stereocenters. The summed E-state index contributed by atoms with van der Waals surface area (Å²) < 4.78 is 0. The van der Waals surface area contributed by atoms with Crippen LogP contribution in [0.1, 0.15) is 31.8 Å². The fraction of sp³-hybridized carbons (Fsp3) is 0.0556. The first-order valence-corrected chi connectivity index (χ1v) is 7.02. The molecule has 3 rings (SSSR count). The molecule has 1 aliphatic heterocycles. The monoisotopic (exact) mass is 307 g/mol. The second-order valence-electron chi connectivity index (χ2n) is 5.11. The van der Waals surface area contributed by atoms with Crippen LogP contribution < -0.4 is 0 Å². The second-order valence-corrected chi connectivity index (χ2v) is 5.11. The van der Waals surface area contributed by atoms with Gasteiger partial charge < -0.3 is 5.11 Å². The smallest absolute Gasteiger partial charge is 0.328 e. The first-order valence-electron chi connectivity index (χ1n) is 7.02. The van der Waals surface area contributed by atoms with Crippen molar-refractivity contribution in [3.05, 3.63) is 76.9 Å². The maximum atomic E-state index is 12.4. The number of nitrogens with zero attached hydrogens (tertiary/aromatic N) is 1. The lowest BCUT2D eigenvalue weighted by atomic mass is 10.1. The van der Waals surface area contributed by atoms with E-state index >= 15 is 0 Å². The van der Waals surface area contributed by atoms with Gasteiger partial charge in [-0.25, -0.2) is 4.79 Å². The molecule has 1 aliphatic rings. The van der Waals surface area contributed by atoms with Gasteiger partial charge in [0.05, 0.1) is 17.7 Å². The maximum Gasteiger partial charge on any atom is 0.328 e. The molecule has 0 aliphatic carbocycles. The first-order chi connectivity index (χ1) is 11.1. The van der Waals surface area contributed by atoms with Gasteiger partial charge in [-0.2, -0.15) is 0 Å². The van der Waals surface area contributed by atoms with Crippen molar-refractivity contribution < 1.29 is 19.5 Å². The van der Waals surface area contributed by atoms with Gasteiger partial charge in [0.2, 0.25) is 0 Å². The Labute approximate surface area is 132 Å². The number of imide groups is 1. The predicted octanol–water partition coefficient (Wildman–Crippen LogP) is 2.58. The van der Waals surface area contributed by atoms with Crippen molar-refractivity contribution in [1.29, 1.82) is 0 Å². The van der Waals surface area contributed by atoms with E-state index in [0.29, 0.717) is 22.3 Å². The molecular weight excluding hydrogens is 294 g/mol. The lowest BCUT2D eigenvalue weighted by Gasteiger charge is -2.15. The molecular formula is C18H13NO4. The third-order valence-electron chi connectivity index (χ3n) is 3.67. The Morgan fingerprint density at radius 3 is 2.13 bits per heavy atom. The summed E-state index contributed by atoms with van der Waals surface area (Å²) in [4.78, 5) is 36.6. The molecule has 2 amide bonds. The zero-order valence-corrected chi connectivity index (χ0v) is 12.1. The number of aliphatic carboxylic acids is 1. The Kier molecular flexibility index (Phi) is 3.76. The van der Waals surface area contributed by atoms with E-state index in [1.54, 1.807) is 48.5 Å². The van der Waals surface area contributed by atoms with E-state index in [0.717, 1.165) is 6.08 Å². The van der Waals surface area contributed by atoms with Gasteiger partial charge in [-0.3, -0.25) is 14.5 Å².